The van der Waals surface area contributed by atoms with E-state index in [4.69, 9.17) is 40.2 Å². The predicted octanol–water partition coefficient (Wildman–Crippen LogP) is 4.74. The number of hydrogen-bond donors (Lipinski definition) is 2. The number of rotatable bonds is 3. The maximum absolute atomic E-state index is 12.2. The highest BCUT2D eigenvalue weighted by atomic mass is 35.5. The van der Waals surface area contributed by atoms with E-state index in [1.807, 2.05) is 0 Å². The highest BCUT2D eigenvalue weighted by molar-refractivity contribution is 7.80. The van der Waals surface area contributed by atoms with Crippen LogP contribution in [-0.4, -0.2) is 23.1 Å². The normalized spacial score (nSPS) is 10.5. The number of anilines is 1. The standard InChI is InChI=1S/C16H11Cl2N3O2S2/c1-23-12-7-13-11(6-10(12)18)19-16(25-13)21-15(24)20-14(22)8-4-2-3-5-9(8)17/h2-7H,1H3,(H2,19,20,21,22,24). The fraction of sp³-hybridized carbons (Fsp3) is 0.0625. The molecule has 0 aliphatic carbocycles. The van der Waals surface area contributed by atoms with Crippen LogP contribution in [-0.2, 0) is 0 Å². The molecule has 0 atom stereocenters. The van der Waals surface area contributed by atoms with E-state index in [0.29, 0.717) is 32.0 Å². The fourth-order valence-corrected chi connectivity index (χ4v) is 3.67. The molecule has 0 bridgehead atoms. The summed E-state index contributed by atoms with van der Waals surface area (Å²) >= 11 is 18.6. The first-order valence-corrected chi connectivity index (χ1v) is 8.97. The maximum Gasteiger partial charge on any atom is 0.258 e. The molecule has 128 valence electrons. The lowest BCUT2D eigenvalue weighted by molar-refractivity contribution is 0.0978. The van der Waals surface area contributed by atoms with Crippen molar-refractivity contribution in [1.29, 1.82) is 0 Å². The SMILES string of the molecule is COc1cc2sc(NC(=S)NC(=O)c3ccccc3Cl)nc2cc1Cl. The molecular formula is C16H11Cl2N3O2S2. The van der Waals surface area contributed by atoms with Gasteiger partial charge in [-0.3, -0.25) is 10.1 Å². The number of carbonyl (C=O) groups is 1. The smallest absolute Gasteiger partial charge is 0.258 e. The Bertz CT molecular complexity index is 975. The minimum atomic E-state index is -0.395. The molecule has 9 heteroatoms. The van der Waals surface area contributed by atoms with Crippen LogP contribution in [0.2, 0.25) is 10.0 Å². The monoisotopic (exact) mass is 411 g/mol. The van der Waals surface area contributed by atoms with E-state index in [2.05, 4.69) is 15.6 Å². The lowest BCUT2D eigenvalue weighted by Gasteiger charge is -2.08. The fourth-order valence-electron chi connectivity index (χ4n) is 2.08. The third-order valence-electron chi connectivity index (χ3n) is 3.23. The number of nitrogens with one attached hydrogen (secondary N) is 2. The number of hydrogen-bond acceptors (Lipinski definition) is 5. The lowest BCUT2D eigenvalue weighted by atomic mass is 10.2. The molecule has 0 spiro atoms. The van der Waals surface area contributed by atoms with Crippen LogP contribution in [0, 0.1) is 0 Å². The zero-order chi connectivity index (χ0) is 18.0. The zero-order valence-corrected chi connectivity index (χ0v) is 15.9. The van der Waals surface area contributed by atoms with E-state index in [1.54, 1.807) is 43.5 Å². The van der Waals surface area contributed by atoms with Crippen LogP contribution in [0.5, 0.6) is 5.75 Å². The summed E-state index contributed by atoms with van der Waals surface area (Å²) < 4.78 is 6.07. The van der Waals surface area contributed by atoms with Crippen LogP contribution in [0.1, 0.15) is 10.4 Å². The molecule has 2 aromatic carbocycles. The van der Waals surface area contributed by atoms with Crippen molar-refractivity contribution in [2.45, 2.75) is 0 Å². The number of aromatic nitrogens is 1. The Hall–Kier alpha value is -1.93. The Morgan fingerprint density at radius 2 is 2.00 bits per heavy atom. The number of nitrogens with zero attached hydrogens (tertiary/aromatic N) is 1. The van der Waals surface area contributed by atoms with Gasteiger partial charge in [0.05, 0.1) is 32.9 Å². The second-order valence-corrected chi connectivity index (χ2v) is 7.11. The summed E-state index contributed by atoms with van der Waals surface area (Å²) in [6.07, 6.45) is 0. The quantitative estimate of drug-likeness (QED) is 0.609. The first-order chi connectivity index (χ1) is 12.0. The topological polar surface area (TPSA) is 63.2 Å². The minimum Gasteiger partial charge on any atom is -0.495 e. The van der Waals surface area contributed by atoms with Crippen molar-refractivity contribution in [2.75, 3.05) is 12.4 Å². The number of ether oxygens (including phenoxy) is 1. The van der Waals surface area contributed by atoms with Crippen LogP contribution in [0.3, 0.4) is 0 Å². The van der Waals surface area contributed by atoms with Gasteiger partial charge >= 0.3 is 0 Å². The number of halogens is 2. The second kappa shape index (κ2) is 7.53. The molecule has 0 aliphatic rings. The van der Waals surface area contributed by atoms with Crippen LogP contribution < -0.4 is 15.4 Å². The molecule has 1 amide bonds. The Morgan fingerprint density at radius 3 is 2.72 bits per heavy atom. The molecule has 5 nitrogen and oxygen atoms in total. The molecule has 1 heterocycles. The van der Waals surface area contributed by atoms with Gasteiger partial charge in [-0.15, -0.1) is 0 Å². The van der Waals surface area contributed by atoms with Crippen molar-refractivity contribution >= 4 is 73.1 Å². The molecule has 0 radical (unpaired) electrons. The van der Waals surface area contributed by atoms with Crippen LogP contribution in [0.25, 0.3) is 10.2 Å². The van der Waals surface area contributed by atoms with Gasteiger partial charge < -0.3 is 10.1 Å². The number of methoxy groups -OCH3 is 1. The third-order valence-corrected chi connectivity index (χ3v) is 4.99. The summed E-state index contributed by atoms with van der Waals surface area (Å²) in [5.41, 5.74) is 1.05. The highest BCUT2D eigenvalue weighted by Gasteiger charge is 2.13. The van der Waals surface area contributed by atoms with E-state index in [9.17, 15) is 4.79 Å². The molecular weight excluding hydrogens is 401 g/mol. The summed E-state index contributed by atoms with van der Waals surface area (Å²) in [5, 5.41) is 6.95. The number of benzene rings is 2. The van der Waals surface area contributed by atoms with Gasteiger partial charge in [-0.05, 0) is 30.4 Å². The van der Waals surface area contributed by atoms with E-state index in [0.717, 1.165) is 4.70 Å². The molecule has 0 fully saturated rings. The first kappa shape index (κ1) is 17.9. The number of thiazole rings is 1. The average Bonchev–Trinajstić information content (AvgIpc) is 2.94. The Kier molecular flexibility index (Phi) is 5.39. The molecule has 3 aromatic rings. The van der Waals surface area contributed by atoms with Crippen molar-refractivity contribution in [3.63, 3.8) is 0 Å². The molecule has 0 unspecified atom stereocenters. The molecule has 1 aromatic heterocycles. The number of carbonyl (C=O) groups excluding carboxylic acids is 1. The van der Waals surface area contributed by atoms with E-state index >= 15 is 0 Å². The van der Waals surface area contributed by atoms with Crippen molar-refractivity contribution < 1.29 is 9.53 Å². The van der Waals surface area contributed by atoms with Crippen molar-refractivity contribution in [2.24, 2.45) is 0 Å². The van der Waals surface area contributed by atoms with Gasteiger partial charge in [-0.25, -0.2) is 4.98 Å². The van der Waals surface area contributed by atoms with E-state index in [1.165, 1.54) is 11.3 Å². The van der Waals surface area contributed by atoms with Gasteiger partial charge in [0, 0.05) is 6.07 Å². The van der Waals surface area contributed by atoms with Gasteiger partial charge in [0.15, 0.2) is 10.2 Å². The van der Waals surface area contributed by atoms with E-state index in [-0.39, 0.29) is 5.11 Å². The van der Waals surface area contributed by atoms with Crippen molar-refractivity contribution in [3.05, 3.63) is 52.0 Å². The highest BCUT2D eigenvalue weighted by Crippen LogP contribution is 2.34. The third kappa shape index (κ3) is 4.01. The van der Waals surface area contributed by atoms with Gasteiger partial charge in [0.1, 0.15) is 5.75 Å². The first-order valence-electron chi connectivity index (χ1n) is 6.99. The van der Waals surface area contributed by atoms with Crippen LogP contribution in [0.4, 0.5) is 5.13 Å². The Balaban J connectivity index is 1.74. The molecule has 2 N–H and O–H groups in total. The largest absolute Gasteiger partial charge is 0.495 e. The summed E-state index contributed by atoms with van der Waals surface area (Å²) in [5.74, 6) is 0.174. The van der Waals surface area contributed by atoms with Gasteiger partial charge in [-0.2, -0.15) is 0 Å². The maximum atomic E-state index is 12.2. The molecule has 25 heavy (non-hydrogen) atoms. The lowest BCUT2D eigenvalue weighted by Crippen LogP contribution is -2.34. The predicted molar refractivity (Wildman–Crippen MR) is 106 cm³/mol. The van der Waals surface area contributed by atoms with Crippen LogP contribution >= 0.6 is 46.8 Å². The molecule has 3 rings (SSSR count). The van der Waals surface area contributed by atoms with Crippen molar-refractivity contribution in [3.8, 4) is 5.75 Å². The summed E-state index contributed by atoms with van der Waals surface area (Å²) in [6, 6.07) is 10.2. The number of amides is 1. The molecule has 0 saturated carbocycles. The summed E-state index contributed by atoms with van der Waals surface area (Å²) in [7, 11) is 1.55. The Morgan fingerprint density at radius 1 is 1.24 bits per heavy atom. The average molecular weight is 412 g/mol. The van der Waals surface area contributed by atoms with Crippen LogP contribution in [0.15, 0.2) is 36.4 Å². The van der Waals surface area contributed by atoms with Crippen molar-refractivity contribution in [1.82, 2.24) is 10.3 Å². The molecule has 0 saturated heterocycles. The van der Waals surface area contributed by atoms with E-state index < -0.39 is 5.91 Å². The Labute approximate surface area is 162 Å². The van der Waals surface area contributed by atoms with Gasteiger partial charge in [0.2, 0.25) is 0 Å². The summed E-state index contributed by atoms with van der Waals surface area (Å²) in [4.78, 5) is 16.6. The van der Waals surface area contributed by atoms with Gasteiger partial charge in [-0.1, -0.05) is 46.7 Å². The molecule has 0 aliphatic heterocycles. The number of thiocarbonyl (C=S) groups is 1. The number of fused-ring (bicyclic) bond motifs is 1. The minimum absolute atomic E-state index is 0.127. The second-order valence-electron chi connectivity index (χ2n) is 4.86. The van der Waals surface area contributed by atoms with Gasteiger partial charge in [0.25, 0.3) is 5.91 Å². The summed E-state index contributed by atoms with van der Waals surface area (Å²) in [6.45, 7) is 0. The zero-order valence-electron chi connectivity index (χ0n) is 12.8.